The van der Waals surface area contributed by atoms with Crippen molar-refractivity contribution in [2.75, 3.05) is 5.32 Å². The second-order valence-electron chi connectivity index (χ2n) is 3.70. The minimum Gasteiger partial charge on any atom is -0.320 e. The highest BCUT2D eigenvalue weighted by atomic mass is 127. The fourth-order valence-electron chi connectivity index (χ4n) is 1.50. The predicted octanol–water partition coefficient (Wildman–Crippen LogP) is 4.01. The van der Waals surface area contributed by atoms with Crippen molar-refractivity contribution in [1.29, 1.82) is 0 Å². The molecule has 3 nitrogen and oxygen atoms in total. The van der Waals surface area contributed by atoms with Gasteiger partial charge in [0.15, 0.2) is 0 Å². The highest BCUT2D eigenvalue weighted by molar-refractivity contribution is 14.1. The maximum atomic E-state index is 12.1. The Bertz CT molecular complexity index is 601. The van der Waals surface area contributed by atoms with Crippen LogP contribution < -0.4 is 5.32 Å². The first-order chi connectivity index (χ1) is 8.58. The number of hydrogen-bond acceptors (Lipinski definition) is 2. The number of carbonyl (C=O) groups excluding carboxylic acids is 1. The summed E-state index contributed by atoms with van der Waals surface area (Å²) in [5.41, 5.74) is 2.17. The molecule has 5 heteroatoms. The first-order valence-electron chi connectivity index (χ1n) is 5.27. The van der Waals surface area contributed by atoms with Crippen LogP contribution in [0.15, 0.2) is 41.0 Å². The molecule has 1 heterocycles. The van der Waals surface area contributed by atoms with E-state index < -0.39 is 0 Å². The van der Waals surface area contributed by atoms with E-state index in [1.165, 1.54) is 0 Å². The molecule has 0 aliphatic carbocycles. The number of nitrogens with zero attached hydrogens (tertiary/aromatic N) is 1. The molecule has 0 bridgehead atoms. The number of pyridine rings is 1. The molecule has 2 aromatic rings. The maximum Gasteiger partial charge on any atom is 0.256 e. The van der Waals surface area contributed by atoms with Crippen molar-refractivity contribution in [2.24, 2.45) is 0 Å². The summed E-state index contributed by atoms with van der Waals surface area (Å²) in [5, 5.41) is 2.87. The molecule has 1 aromatic heterocycles. The van der Waals surface area contributed by atoms with E-state index in [0.29, 0.717) is 5.56 Å². The molecule has 18 heavy (non-hydrogen) atoms. The Morgan fingerprint density at radius 2 is 2.00 bits per heavy atom. The minimum atomic E-state index is -0.118. The number of halogens is 2. The normalized spacial score (nSPS) is 10.2. The number of nitrogens with one attached hydrogen (secondary N) is 1. The Kier molecular flexibility index (Phi) is 4.34. The molecule has 2 rings (SSSR count). The van der Waals surface area contributed by atoms with Gasteiger partial charge in [-0.3, -0.25) is 4.79 Å². The number of benzene rings is 1. The second kappa shape index (κ2) is 5.79. The molecule has 92 valence electrons. The highest BCUT2D eigenvalue weighted by Gasteiger charge is 2.10. The Balaban J connectivity index is 2.24. The zero-order chi connectivity index (χ0) is 13.1. The standard InChI is InChI=1S/C13H10BrIN2O/c1-8-11(6-7-12(14)16-8)17-13(18)9-4-2-3-5-10(9)15/h2-7H,1H3,(H,17,18). The number of carbonyl (C=O) groups is 1. The van der Waals surface area contributed by atoms with Gasteiger partial charge in [0.1, 0.15) is 4.60 Å². The monoisotopic (exact) mass is 416 g/mol. The molecular weight excluding hydrogens is 407 g/mol. The predicted molar refractivity (Wildman–Crippen MR) is 83.8 cm³/mol. The molecule has 0 fully saturated rings. The first kappa shape index (κ1) is 13.5. The summed E-state index contributed by atoms with van der Waals surface area (Å²) in [6, 6.07) is 11.1. The van der Waals surface area contributed by atoms with E-state index in [1.54, 1.807) is 12.1 Å². The van der Waals surface area contributed by atoms with E-state index in [0.717, 1.165) is 19.6 Å². The largest absolute Gasteiger partial charge is 0.320 e. The van der Waals surface area contributed by atoms with Gasteiger partial charge >= 0.3 is 0 Å². The van der Waals surface area contributed by atoms with Crippen LogP contribution in [0.4, 0.5) is 5.69 Å². The molecule has 0 saturated heterocycles. The summed E-state index contributed by atoms with van der Waals surface area (Å²) in [6.07, 6.45) is 0. The van der Waals surface area contributed by atoms with E-state index >= 15 is 0 Å². The second-order valence-corrected chi connectivity index (χ2v) is 5.68. The lowest BCUT2D eigenvalue weighted by atomic mass is 10.2. The third kappa shape index (κ3) is 3.08. The summed E-state index contributed by atoms with van der Waals surface area (Å²) in [6.45, 7) is 1.86. The average Bonchev–Trinajstić information content (AvgIpc) is 2.33. The van der Waals surface area contributed by atoms with Crippen molar-refractivity contribution in [1.82, 2.24) is 4.98 Å². The van der Waals surface area contributed by atoms with Crippen LogP contribution in [0.5, 0.6) is 0 Å². The van der Waals surface area contributed by atoms with Gasteiger partial charge in [0.2, 0.25) is 0 Å². The first-order valence-corrected chi connectivity index (χ1v) is 7.14. The lowest BCUT2D eigenvalue weighted by Crippen LogP contribution is -2.14. The topological polar surface area (TPSA) is 42.0 Å². The van der Waals surface area contributed by atoms with Gasteiger partial charge in [0.25, 0.3) is 5.91 Å². The minimum absolute atomic E-state index is 0.118. The van der Waals surface area contributed by atoms with Gasteiger partial charge in [0.05, 0.1) is 16.9 Å². The number of aryl methyl sites for hydroxylation is 1. The fourth-order valence-corrected chi connectivity index (χ4v) is 2.53. The molecule has 0 aliphatic heterocycles. The SMILES string of the molecule is Cc1nc(Br)ccc1NC(=O)c1ccccc1I. The average molecular weight is 417 g/mol. The molecular formula is C13H10BrIN2O. The van der Waals surface area contributed by atoms with Gasteiger partial charge in [-0.05, 0) is 69.7 Å². The molecule has 0 spiro atoms. The van der Waals surface area contributed by atoms with Crippen molar-refractivity contribution >= 4 is 50.1 Å². The van der Waals surface area contributed by atoms with Crippen molar-refractivity contribution in [3.8, 4) is 0 Å². The van der Waals surface area contributed by atoms with Gasteiger partial charge in [-0.25, -0.2) is 4.98 Å². The lowest BCUT2D eigenvalue weighted by molar-refractivity contribution is 0.102. The highest BCUT2D eigenvalue weighted by Crippen LogP contribution is 2.18. The van der Waals surface area contributed by atoms with E-state index in [-0.39, 0.29) is 5.91 Å². The van der Waals surface area contributed by atoms with Crippen LogP contribution in [-0.4, -0.2) is 10.9 Å². The summed E-state index contributed by atoms with van der Waals surface area (Å²) in [7, 11) is 0. The number of hydrogen-bond donors (Lipinski definition) is 1. The Morgan fingerprint density at radius 3 is 2.67 bits per heavy atom. The molecule has 0 unspecified atom stereocenters. The smallest absolute Gasteiger partial charge is 0.256 e. The van der Waals surface area contributed by atoms with E-state index in [4.69, 9.17) is 0 Å². The quantitative estimate of drug-likeness (QED) is 0.593. The third-order valence-electron chi connectivity index (χ3n) is 2.42. The van der Waals surface area contributed by atoms with E-state index in [2.05, 4.69) is 48.8 Å². The molecule has 1 aromatic carbocycles. The van der Waals surface area contributed by atoms with Crippen LogP contribution in [-0.2, 0) is 0 Å². The molecule has 1 N–H and O–H groups in total. The van der Waals surface area contributed by atoms with Crippen molar-refractivity contribution in [3.05, 3.63) is 55.8 Å². The zero-order valence-corrected chi connectivity index (χ0v) is 13.3. The van der Waals surface area contributed by atoms with Crippen LogP contribution >= 0.6 is 38.5 Å². The number of amides is 1. The summed E-state index contributed by atoms with van der Waals surface area (Å²) in [5.74, 6) is -0.118. The number of rotatable bonds is 2. The van der Waals surface area contributed by atoms with Crippen molar-refractivity contribution < 1.29 is 4.79 Å². The van der Waals surface area contributed by atoms with Crippen molar-refractivity contribution in [3.63, 3.8) is 0 Å². The molecule has 0 aliphatic rings. The van der Waals surface area contributed by atoms with Crippen LogP contribution in [0.25, 0.3) is 0 Å². The molecule has 1 amide bonds. The fraction of sp³-hybridized carbons (Fsp3) is 0.0769. The summed E-state index contributed by atoms with van der Waals surface area (Å²) in [4.78, 5) is 16.4. The third-order valence-corrected chi connectivity index (χ3v) is 3.80. The summed E-state index contributed by atoms with van der Waals surface area (Å²) >= 11 is 5.44. The van der Waals surface area contributed by atoms with Crippen LogP contribution in [0.1, 0.15) is 16.1 Å². The van der Waals surface area contributed by atoms with Gasteiger partial charge in [0, 0.05) is 3.57 Å². The molecule has 0 radical (unpaired) electrons. The van der Waals surface area contributed by atoms with E-state index in [9.17, 15) is 4.79 Å². The van der Waals surface area contributed by atoms with Gasteiger partial charge in [-0.1, -0.05) is 12.1 Å². The number of aromatic nitrogens is 1. The molecule has 0 atom stereocenters. The number of anilines is 1. The van der Waals surface area contributed by atoms with Gasteiger partial charge in [-0.15, -0.1) is 0 Å². The van der Waals surface area contributed by atoms with E-state index in [1.807, 2.05) is 31.2 Å². The Morgan fingerprint density at radius 1 is 1.28 bits per heavy atom. The maximum absolute atomic E-state index is 12.1. The van der Waals surface area contributed by atoms with Crippen LogP contribution in [0.3, 0.4) is 0 Å². The van der Waals surface area contributed by atoms with Crippen LogP contribution in [0, 0.1) is 10.5 Å². The summed E-state index contributed by atoms with van der Waals surface area (Å²) < 4.78 is 1.68. The Hall–Kier alpha value is -0.950. The van der Waals surface area contributed by atoms with Crippen LogP contribution in [0.2, 0.25) is 0 Å². The molecule has 0 saturated carbocycles. The lowest BCUT2D eigenvalue weighted by Gasteiger charge is -2.09. The van der Waals surface area contributed by atoms with Crippen molar-refractivity contribution in [2.45, 2.75) is 6.92 Å². The van der Waals surface area contributed by atoms with Gasteiger partial charge < -0.3 is 5.32 Å². The zero-order valence-electron chi connectivity index (χ0n) is 9.58. The Labute approximate surface area is 127 Å². The van der Waals surface area contributed by atoms with Gasteiger partial charge in [-0.2, -0.15) is 0 Å².